The summed E-state index contributed by atoms with van der Waals surface area (Å²) in [6.45, 7) is 7.38. The van der Waals surface area contributed by atoms with E-state index >= 15 is 0 Å². The Balaban J connectivity index is 2.68. The fourth-order valence-corrected chi connectivity index (χ4v) is 0.387. The number of nitrogens with zero attached hydrogens (tertiary/aromatic N) is 1. The lowest BCUT2D eigenvalue weighted by atomic mass is 10.4. The predicted octanol–water partition coefficient (Wildman–Crippen LogP) is 1.41. The molecule has 0 fully saturated rings. The minimum atomic E-state index is 0.528. The second-order valence-corrected chi connectivity index (χ2v) is 2.00. The molecule has 0 aromatic heterocycles. The third-order valence-electron chi connectivity index (χ3n) is 0.718. The summed E-state index contributed by atoms with van der Waals surface area (Å²) in [5.41, 5.74) is 0. The first-order chi connectivity index (χ1) is 3.27. The minimum absolute atomic E-state index is 0.528. The van der Waals surface area contributed by atoms with Crippen LogP contribution >= 0.6 is 0 Å². The SMILES string of the molecule is CCC[N]C(C)C. The molecule has 0 saturated carbocycles. The molecule has 0 aliphatic carbocycles. The summed E-state index contributed by atoms with van der Waals surface area (Å²) in [6.07, 6.45) is 1.18. The summed E-state index contributed by atoms with van der Waals surface area (Å²) in [7, 11) is 0. The number of rotatable bonds is 3. The van der Waals surface area contributed by atoms with Gasteiger partial charge in [-0.05, 0) is 20.3 Å². The Morgan fingerprint density at radius 2 is 2.00 bits per heavy atom. The highest BCUT2D eigenvalue weighted by molar-refractivity contribution is 4.48. The van der Waals surface area contributed by atoms with Gasteiger partial charge in [0, 0.05) is 12.6 Å². The average Bonchev–Trinajstić information content (AvgIpc) is 1.61. The van der Waals surface area contributed by atoms with Crippen molar-refractivity contribution in [1.82, 2.24) is 5.32 Å². The second-order valence-electron chi connectivity index (χ2n) is 2.00. The Kier molecular flexibility index (Phi) is 4.10. The van der Waals surface area contributed by atoms with E-state index in [-0.39, 0.29) is 0 Å². The smallest absolute Gasteiger partial charge is 0.0189 e. The van der Waals surface area contributed by atoms with Gasteiger partial charge < -0.3 is 0 Å². The number of hydrogen-bond acceptors (Lipinski definition) is 0. The van der Waals surface area contributed by atoms with Gasteiger partial charge >= 0.3 is 0 Å². The summed E-state index contributed by atoms with van der Waals surface area (Å²) in [4.78, 5) is 0. The van der Waals surface area contributed by atoms with E-state index in [0.717, 1.165) is 6.54 Å². The molecule has 1 heteroatoms. The molecule has 0 atom stereocenters. The van der Waals surface area contributed by atoms with E-state index in [1.807, 2.05) is 0 Å². The van der Waals surface area contributed by atoms with Crippen molar-refractivity contribution in [3.8, 4) is 0 Å². The van der Waals surface area contributed by atoms with Crippen molar-refractivity contribution in [2.75, 3.05) is 6.54 Å². The Morgan fingerprint density at radius 3 is 2.14 bits per heavy atom. The van der Waals surface area contributed by atoms with Gasteiger partial charge in [-0.25, -0.2) is 5.32 Å². The first-order valence-corrected chi connectivity index (χ1v) is 2.94. The first kappa shape index (κ1) is 6.96. The molecule has 7 heavy (non-hydrogen) atoms. The third-order valence-corrected chi connectivity index (χ3v) is 0.718. The van der Waals surface area contributed by atoms with Crippen molar-refractivity contribution in [2.24, 2.45) is 0 Å². The standard InChI is InChI=1S/C6H14N/c1-4-5-7-6(2)3/h6H,4-5H2,1-3H3. The molecule has 0 saturated heterocycles. The van der Waals surface area contributed by atoms with E-state index in [0.29, 0.717) is 6.04 Å². The average molecular weight is 100 g/mol. The molecule has 0 rings (SSSR count). The van der Waals surface area contributed by atoms with Crippen LogP contribution in [0.1, 0.15) is 27.2 Å². The summed E-state index contributed by atoms with van der Waals surface area (Å²) in [5, 5.41) is 4.24. The zero-order chi connectivity index (χ0) is 5.70. The maximum absolute atomic E-state index is 4.24. The predicted molar refractivity (Wildman–Crippen MR) is 32.4 cm³/mol. The molecule has 0 aliphatic rings. The first-order valence-electron chi connectivity index (χ1n) is 2.94. The van der Waals surface area contributed by atoms with Crippen molar-refractivity contribution in [3.05, 3.63) is 0 Å². The van der Waals surface area contributed by atoms with Crippen LogP contribution in [0.5, 0.6) is 0 Å². The Bertz CT molecular complexity index is 33.2. The lowest BCUT2D eigenvalue weighted by Gasteiger charge is -2.00. The van der Waals surface area contributed by atoms with Gasteiger partial charge in [-0.15, -0.1) is 0 Å². The molecular weight excluding hydrogens is 86.1 g/mol. The van der Waals surface area contributed by atoms with Gasteiger partial charge in [0.25, 0.3) is 0 Å². The van der Waals surface area contributed by atoms with Gasteiger partial charge in [-0.3, -0.25) is 0 Å². The topological polar surface area (TPSA) is 14.1 Å². The van der Waals surface area contributed by atoms with Gasteiger partial charge in [0.2, 0.25) is 0 Å². The highest BCUT2D eigenvalue weighted by Gasteiger charge is 1.87. The molecule has 0 heterocycles. The summed E-state index contributed by atoms with van der Waals surface area (Å²) in [6, 6.07) is 0.528. The molecule has 0 N–H and O–H groups in total. The zero-order valence-corrected chi connectivity index (χ0v) is 5.44. The van der Waals surface area contributed by atoms with Crippen LogP contribution in [0.15, 0.2) is 0 Å². The van der Waals surface area contributed by atoms with Crippen LogP contribution < -0.4 is 5.32 Å². The lowest BCUT2D eigenvalue weighted by molar-refractivity contribution is 0.571. The van der Waals surface area contributed by atoms with Crippen LogP contribution in [-0.4, -0.2) is 12.6 Å². The number of hydrogen-bond donors (Lipinski definition) is 0. The maximum atomic E-state index is 4.24. The van der Waals surface area contributed by atoms with E-state index < -0.39 is 0 Å². The minimum Gasteiger partial charge on any atom is -0.239 e. The van der Waals surface area contributed by atoms with Crippen molar-refractivity contribution in [2.45, 2.75) is 33.2 Å². The molecule has 0 unspecified atom stereocenters. The fraction of sp³-hybridized carbons (Fsp3) is 1.00. The van der Waals surface area contributed by atoms with E-state index in [9.17, 15) is 0 Å². The van der Waals surface area contributed by atoms with Crippen LogP contribution in [0, 0.1) is 0 Å². The fourth-order valence-electron chi connectivity index (χ4n) is 0.387. The normalized spacial score (nSPS) is 10.3. The van der Waals surface area contributed by atoms with Crippen LogP contribution in [0.4, 0.5) is 0 Å². The van der Waals surface area contributed by atoms with Crippen molar-refractivity contribution >= 4 is 0 Å². The van der Waals surface area contributed by atoms with E-state index in [1.54, 1.807) is 0 Å². The van der Waals surface area contributed by atoms with Gasteiger partial charge in [0.1, 0.15) is 0 Å². The van der Waals surface area contributed by atoms with Crippen LogP contribution in [0.2, 0.25) is 0 Å². The molecule has 43 valence electrons. The van der Waals surface area contributed by atoms with Crippen LogP contribution in [0.25, 0.3) is 0 Å². The lowest BCUT2D eigenvalue weighted by Crippen LogP contribution is -2.14. The quantitative estimate of drug-likeness (QED) is 0.509. The van der Waals surface area contributed by atoms with Crippen molar-refractivity contribution < 1.29 is 0 Å². The molecule has 1 radical (unpaired) electrons. The van der Waals surface area contributed by atoms with Crippen molar-refractivity contribution in [3.63, 3.8) is 0 Å². The van der Waals surface area contributed by atoms with Crippen LogP contribution in [-0.2, 0) is 0 Å². The Labute approximate surface area is 46.1 Å². The molecule has 0 aliphatic heterocycles. The highest BCUT2D eigenvalue weighted by atomic mass is 14.9. The van der Waals surface area contributed by atoms with E-state index in [2.05, 4.69) is 26.1 Å². The zero-order valence-electron chi connectivity index (χ0n) is 5.44. The van der Waals surface area contributed by atoms with Crippen molar-refractivity contribution in [1.29, 1.82) is 0 Å². The van der Waals surface area contributed by atoms with E-state index in [4.69, 9.17) is 0 Å². The molecule has 0 bridgehead atoms. The molecule has 0 amide bonds. The molecular formula is C6H14N. The van der Waals surface area contributed by atoms with E-state index in [1.165, 1.54) is 6.42 Å². The van der Waals surface area contributed by atoms with Gasteiger partial charge in [0.05, 0.1) is 0 Å². The molecule has 1 nitrogen and oxygen atoms in total. The summed E-state index contributed by atoms with van der Waals surface area (Å²) in [5.74, 6) is 0. The third kappa shape index (κ3) is 5.96. The van der Waals surface area contributed by atoms with Gasteiger partial charge in [-0.2, -0.15) is 0 Å². The Hall–Kier alpha value is -0.0400. The van der Waals surface area contributed by atoms with Crippen LogP contribution in [0.3, 0.4) is 0 Å². The molecule has 0 spiro atoms. The highest BCUT2D eigenvalue weighted by Crippen LogP contribution is 1.79. The monoisotopic (exact) mass is 100 g/mol. The second kappa shape index (κ2) is 4.13. The molecule has 0 aromatic rings. The summed E-state index contributed by atoms with van der Waals surface area (Å²) < 4.78 is 0. The Morgan fingerprint density at radius 1 is 1.43 bits per heavy atom. The largest absolute Gasteiger partial charge is 0.239 e. The van der Waals surface area contributed by atoms with Gasteiger partial charge in [-0.1, -0.05) is 6.92 Å². The van der Waals surface area contributed by atoms with Gasteiger partial charge in [0.15, 0.2) is 0 Å². The summed E-state index contributed by atoms with van der Waals surface area (Å²) >= 11 is 0. The molecule has 0 aromatic carbocycles. The maximum Gasteiger partial charge on any atom is 0.0189 e.